The number of rotatable bonds is 8. The van der Waals surface area contributed by atoms with Gasteiger partial charge in [0, 0.05) is 0 Å². The van der Waals surface area contributed by atoms with Crippen LogP contribution in [0.15, 0.2) is 30.0 Å². The predicted molar refractivity (Wildman–Crippen MR) is 122 cm³/mol. The van der Waals surface area contributed by atoms with Crippen molar-refractivity contribution in [2.24, 2.45) is 11.1 Å². The van der Waals surface area contributed by atoms with Crippen LogP contribution < -0.4 is 10.5 Å². The molecule has 2 fully saturated rings. The average Bonchev–Trinajstić information content (AvgIpc) is 3.14. The standard InChI is InChI=1S/C22H32F3GeN5O2/c1-26(2,3)17-6-11-29(15-17)31-14-16(20(27)32)4-5-19(31)30-12-7-18(28-30)33-13-10-21(8-9-21)22(23,24)25/h4-5,7,12,17H,6,8-11,13-15H2,1-3H3,(H2,27,32). The van der Waals surface area contributed by atoms with Gasteiger partial charge in [-0.15, -0.1) is 0 Å². The molecule has 33 heavy (non-hydrogen) atoms. The van der Waals surface area contributed by atoms with Crippen LogP contribution >= 0.6 is 0 Å². The molecule has 1 unspecified atom stereocenters. The summed E-state index contributed by atoms with van der Waals surface area (Å²) in [5, 5.41) is 8.73. The molecule has 1 atom stereocenters. The molecular formula is C22H32F3GeN5O2. The van der Waals surface area contributed by atoms with Gasteiger partial charge in [-0.1, -0.05) is 0 Å². The number of halogens is 3. The first-order chi connectivity index (χ1) is 15.4. The Morgan fingerprint density at radius 2 is 2.03 bits per heavy atom. The maximum atomic E-state index is 13.1. The van der Waals surface area contributed by atoms with Gasteiger partial charge in [-0.05, 0) is 12.8 Å². The summed E-state index contributed by atoms with van der Waals surface area (Å²) in [5.74, 6) is 7.82. The van der Waals surface area contributed by atoms with Crippen LogP contribution in [0.4, 0.5) is 13.2 Å². The molecule has 4 rings (SSSR count). The Labute approximate surface area is 194 Å². The molecule has 0 radical (unpaired) electrons. The number of alkyl halides is 3. The minimum atomic E-state index is -4.18. The number of nitrogens with zero attached hydrogens (tertiary/aromatic N) is 4. The van der Waals surface area contributed by atoms with Crippen molar-refractivity contribution in [2.75, 3.05) is 26.2 Å². The van der Waals surface area contributed by atoms with E-state index in [-0.39, 0.29) is 31.7 Å². The zero-order chi connectivity index (χ0) is 24.0. The molecule has 3 heterocycles. The fraction of sp³-hybridized carbons (Fsp3) is 0.636. The SMILES string of the molecule is [CH3][Ge]([CH3])([CH3])[CH]1CCN(N2CC(C(N)=O)=CC=C2n2ccc(OCCC3(C(F)(F)F)CC3)n2)C1. The molecule has 1 saturated carbocycles. The van der Waals surface area contributed by atoms with Crippen molar-refractivity contribution < 1.29 is 22.7 Å². The number of aromatic nitrogens is 2. The zero-order valence-electron chi connectivity index (χ0n) is 19.4. The molecular weight excluding hydrogens is 496 g/mol. The number of carbonyl (C=O) groups excluding carboxylic acids is 1. The van der Waals surface area contributed by atoms with Gasteiger partial charge in [-0.3, -0.25) is 0 Å². The van der Waals surface area contributed by atoms with E-state index >= 15 is 0 Å². The summed E-state index contributed by atoms with van der Waals surface area (Å²) in [6, 6.07) is 1.65. The number of primary amides is 1. The van der Waals surface area contributed by atoms with Crippen LogP contribution in [0.2, 0.25) is 22.0 Å². The molecule has 1 aromatic rings. The van der Waals surface area contributed by atoms with Gasteiger partial charge in [0.25, 0.3) is 0 Å². The topological polar surface area (TPSA) is 76.6 Å². The van der Waals surface area contributed by atoms with Crippen molar-refractivity contribution in [3.63, 3.8) is 0 Å². The molecule has 1 amide bonds. The van der Waals surface area contributed by atoms with Crippen molar-refractivity contribution in [1.29, 1.82) is 0 Å². The normalized spacial score (nSPS) is 23.3. The van der Waals surface area contributed by atoms with E-state index in [0.717, 1.165) is 25.3 Å². The van der Waals surface area contributed by atoms with E-state index in [0.29, 0.717) is 16.9 Å². The Hall–Kier alpha value is -1.95. The Morgan fingerprint density at radius 1 is 1.30 bits per heavy atom. The van der Waals surface area contributed by atoms with Crippen molar-refractivity contribution in [1.82, 2.24) is 19.8 Å². The Balaban J connectivity index is 1.46. The van der Waals surface area contributed by atoms with Gasteiger partial charge in [-0.2, -0.15) is 13.2 Å². The van der Waals surface area contributed by atoms with Crippen LogP contribution in [0.1, 0.15) is 25.7 Å². The second kappa shape index (κ2) is 8.68. The zero-order valence-corrected chi connectivity index (χ0v) is 21.5. The van der Waals surface area contributed by atoms with Gasteiger partial charge in [0.2, 0.25) is 0 Å². The number of allylic oxidation sites excluding steroid dienone is 2. The van der Waals surface area contributed by atoms with Gasteiger partial charge >= 0.3 is 169 Å². The molecule has 1 saturated heterocycles. The molecule has 1 aromatic heterocycles. The predicted octanol–water partition coefficient (Wildman–Crippen LogP) is 3.85. The molecule has 1 aliphatic carbocycles. The van der Waals surface area contributed by atoms with Crippen LogP contribution in [0.3, 0.4) is 0 Å². The molecule has 0 aromatic carbocycles. The van der Waals surface area contributed by atoms with Crippen LogP contribution in [-0.4, -0.2) is 71.4 Å². The monoisotopic (exact) mass is 529 g/mol. The van der Waals surface area contributed by atoms with Crippen molar-refractivity contribution in [3.05, 3.63) is 30.0 Å². The summed E-state index contributed by atoms with van der Waals surface area (Å²) in [6.07, 6.45) is 2.44. The van der Waals surface area contributed by atoms with Gasteiger partial charge < -0.3 is 0 Å². The number of hydrogen-bond donors (Lipinski definition) is 1. The number of nitrogens with two attached hydrogens (primary N) is 1. The van der Waals surface area contributed by atoms with E-state index in [1.807, 2.05) is 5.01 Å². The van der Waals surface area contributed by atoms with E-state index in [9.17, 15) is 18.0 Å². The fourth-order valence-electron chi connectivity index (χ4n) is 4.51. The second-order valence-electron chi connectivity index (χ2n) is 10.4. The minimum absolute atomic E-state index is 0.0311. The average molecular weight is 528 g/mol. The van der Waals surface area contributed by atoms with E-state index in [1.165, 1.54) is 0 Å². The van der Waals surface area contributed by atoms with Gasteiger partial charge in [0.15, 0.2) is 0 Å². The van der Waals surface area contributed by atoms with E-state index in [2.05, 4.69) is 27.4 Å². The first-order valence-corrected chi connectivity index (χ1v) is 18.9. The molecule has 0 spiro atoms. The molecule has 2 aliphatic heterocycles. The van der Waals surface area contributed by atoms with E-state index < -0.39 is 30.8 Å². The van der Waals surface area contributed by atoms with E-state index in [1.54, 1.807) is 29.1 Å². The number of carbonyl (C=O) groups is 1. The number of hydrazine groups is 1. The second-order valence-corrected chi connectivity index (χ2v) is 22.0. The summed E-state index contributed by atoms with van der Waals surface area (Å²) in [5.41, 5.74) is 4.48. The van der Waals surface area contributed by atoms with Crippen LogP contribution in [-0.2, 0) is 4.79 Å². The molecule has 2 N–H and O–H groups in total. The number of hydrogen-bond acceptors (Lipinski definition) is 5. The van der Waals surface area contributed by atoms with Crippen molar-refractivity contribution in [3.8, 4) is 5.88 Å². The van der Waals surface area contributed by atoms with Crippen LogP contribution in [0.25, 0.3) is 5.82 Å². The molecule has 11 heteroatoms. The Morgan fingerprint density at radius 3 is 2.61 bits per heavy atom. The van der Waals surface area contributed by atoms with Crippen molar-refractivity contribution in [2.45, 2.75) is 53.9 Å². The first kappa shape index (κ1) is 24.2. The maximum absolute atomic E-state index is 13.1. The summed E-state index contributed by atoms with van der Waals surface area (Å²) < 4.78 is 47.3. The summed E-state index contributed by atoms with van der Waals surface area (Å²) in [4.78, 5) is 11.8. The molecule has 0 bridgehead atoms. The van der Waals surface area contributed by atoms with Crippen LogP contribution in [0, 0.1) is 5.41 Å². The van der Waals surface area contributed by atoms with Gasteiger partial charge in [0.05, 0.1) is 0 Å². The molecule has 3 aliphatic rings. The quantitative estimate of drug-likeness (QED) is 0.520. The first-order valence-electron chi connectivity index (χ1n) is 11.4. The number of amides is 1. The third kappa shape index (κ3) is 5.11. The Bertz CT molecular complexity index is 962. The fourth-order valence-corrected chi connectivity index (χ4v) is 8.19. The Kier molecular flexibility index (Phi) is 6.36. The van der Waals surface area contributed by atoms with Crippen molar-refractivity contribution >= 4 is 25.0 Å². The van der Waals surface area contributed by atoms with E-state index in [4.69, 9.17) is 10.5 Å². The molecule has 182 valence electrons. The van der Waals surface area contributed by atoms with Crippen LogP contribution in [0.5, 0.6) is 5.88 Å². The van der Waals surface area contributed by atoms with Gasteiger partial charge in [0.1, 0.15) is 0 Å². The summed E-state index contributed by atoms with van der Waals surface area (Å²) >= 11 is -1.84. The molecule has 7 nitrogen and oxygen atoms in total. The third-order valence-electron chi connectivity index (χ3n) is 7.15. The van der Waals surface area contributed by atoms with Gasteiger partial charge in [-0.25, -0.2) is 0 Å². The summed E-state index contributed by atoms with van der Waals surface area (Å²) in [6.45, 7) is 2.14. The number of ether oxygens (including phenoxy) is 1. The summed E-state index contributed by atoms with van der Waals surface area (Å²) in [7, 11) is 0. The third-order valence-corrected chi connectivity index (χ3v) is 13.3.